The number of likely N-dealkylation sites (tertiary alicyclic amines) is 1. The van der Waals surface area contributed by atoms with Crippen LogP contribution in [-0.4, -0.2) is 86.3 Å². The van der Waals surface area contributed by atoms with Crippen LogP contribution in [0.3, 0.4) is 0 Å². The number of alkyl halides is 6. The number of benzene rings is 1. The zero-order chi connectivity index (χ0) is 32.1. The van der Waals surface area contributed by atoms with Gasteiger partial charge in [-0.25, -0.2) is 27.7 Å². The zero-order valence-electron chi connectivity index (χ0n) is 23.8. The number of imidazole rings is 1. The molecule has 2 aromatic heterocycles. The third-order valence-electron chi connectivity index (χ3n) is 7.79. The average Bonchev–Trinajstić information content (AvgIpc) is 3.53. The molecule has 2 N–H and O–H groups in total. The minimum atomic E-state index is -4.88. The number of anilines is 1. The van der Waals surface area contributed by atoms with Crippen LogP contribution in [0.1, 0.15) is 42.9 Å². The number of aromatic nitrogens is 4. The summed E-state index contributed by atoms with van der Waals surface area (Å²) in [6, 6.07) is 3.66. The topological polar surface area (TPSA) is 116 Å². The average molecular weight is 648 g/mol. The van der Waals surface area contributed by atoms with Gasteiger partial charge in [-0.05, 0) is 37.8 Å². The molecule has 10 nitrogen and oxygen atoms in total. The van der Waals surface area contributed by atoms with Crippen LogP contribution >= 0.6 is 0 Å². The van der Waals surface area contributed by atoms with Crippen molar-refractivity contribution in [3.8, 4) is 17.1 Å². The van der Waals surface area contributed by atoms with Gasteiger partial charge in [0.15, 0.2) is 0 Å². The van der Waals surface area contributed by atoms with E-state index < -0.39 is 44.8 Å². The minimum absolute atomic E-state index is 0.0469. The Balaban J connectivity index is 1.46. The first kappa shape index (κ1) is 32.1. The maximum absolute atomic E-state index is 14.4. The lowest BCUT2D eigenvalue weighted by atomic mass is 10.0. The first-order valence-electron chi connectivity index (χ1n) is 13.8. The Kier molecular flexibility index (Phi) is 8.45. The van der Waals surface area contributed by atoms with Crippen molar-refractivity contribution in [2.75, 3.05) is 37.8 Å². The van der Waals surface area contributed by atoms with Gasteiger partial charge in [0.05, 0.1) is 29.4 Å². The van der Waals surface area contributed by atoms with Crippen molar-refractivity contribution in [3.63, 3.8) is 0 Å². The van der Waals surface area contributed by atoms with E-state index in [1.807, 2.05) is 0 Å². The van der Waals surface area contributed by atoms with E-state index in [9.17, 15) is 39.9 Å². The molecule has 2 aliphatic heterocycles. The molecule has 2 aliphatic rings. The summed E-state index contributed by atoms with van der Waals surface area (Å²) in [5, 5.41) is 13.2. The maximum atomic E-state index is 14.4. The molecule has 2 fully saturated rings. The van der Waals surface area contributed by atoms with Crippen LogP contribution in [0.25, 0.3) is 17.1 Å². The summed E-state index contributed by atoms with van der Waals surface area (Å²) in [6.07, 6.45) is -4.79. The number of hydrogen-bond acceptors (Lipinski definition) is 8. The third kappa shape index (κ3) is 7.16. The van der Waals surface area contributed by atoms with Crippen molar-refractivity contribution in [3.05, 3.63) is 53.6 Å². The normalized spacial score (nSPS) is 21.2. The molecule has 0 amide bonds. The second-order valence-corrected chi connectivity index (χ2v) is 13.4. The number of sulfonamides is 1. The number of hydrogen-bond donors (Lipinski definition) is 2. The van der Waals surface area contributed by atoms with E-state index in [2.05, 4.69) is 20.3 Å². The van der Waals surface area contributed by atoms with E-state index in [1.54, 1.807) is 11.8 Å². The lowest BCUT2D eigenvalue weighted by molar-refractivity contribution is -0.138. The van der Waals surface area contributed by atoms with Crippen molar-refractivity contribution < 1.29 is 39.9 Å². The third-order valence-corrected chi connectivity index (χ3v) is 9.09. The predicted molar refractivity (Wildman–Crippen MR) is 148 cm³/mol. The fraction of sp³-hybridized carbons (Fsp3) is 0.519. The van der Waals surface area contributed by atoms with Gasteiger partial charge < -0.3 is 15.0 Å². The Labute approximate surface area is 249 Å². The van der Waals surface area contributed by atoms with Gasteiger partial charge in [-0.2, -0.15) is 26.3 Å². The molecular weight excluding hydrogens is 616 g/mol. The number of nitrogens with one attached hydrogen (secondary N) is 1. The molecule has 0 spiro atoms. The molecule has 0 unspecified atom stereocenters. The molecule has 2 saturated heterocycles. The molecule has 240 valence electrons. The molecular formula is C27H31F6N7O3S. The number of nitrogens with zero attached hydrogens (tertiary/aromatic N) is 6. The first-order valence-corrected chi connectivity index (χ1v) is 15.6. The van der Waals surface area contributed by atoms with Crippen LogP contribution in [0.15, 0.2) is 36.9 Å². The molecule has 17 heteroatoms. The van der Waals surface area contributed by atoms with E-state index >= 15 is 0 Å². The Hall–Kier alpha value is -3.28. The largest absolute Gasteiger partial charge is 0.420 e. The highest BCUT2D eigenvalue weighted by Crippen LogP contribution is 2.39. The Morgan fingerprint density at radius 3 is 2.36 bits per heavy atom. The van der Waals surface area contributed by atoms with Gasteiger partial charge in [0.25, 0.3) is 0 Å². The predicted octanol–water partition coefficient (Wildman–Crippen LogP) is 4.16. The fourth-order valence-electron chi connectivity index (χ4n) is 5.62. The molecule has 0 radical (unpaired) electrons. The highest BCUT2D eigenvalue weighted by Gasteiger charge is 2.40. The maximum Gasteiger partial charge on any atom is 0.420 e. The van der Waals surface area contributed by atoms with Crippen LogP contribution in [0.2, 0.25) is 0 Å². The molecule has 3 aromatic rings. The Morgan fingerprint density at radius 2 is 1.77 bits per heavy atom. The van der Waals surface area contributed by atoms with E-state index in [0.29, 0.717) is 32.0 Å². The van der Waals surface area contributed by atoms with Gasteiger partial charge in [-0.15, -0.1) is 0 Å². The van der Waals surface area contributed by atoms with Crippen LogP contribution < -0.4 is 5.32 Å². The summed E-state index contributed by atoms with van der Waals surface area (Å²) in [7, 11) is -3.38. The fourth-order valence-corrected chi connectivity index (χ4v) is 6.49. The molecule has 1 atom stereocenters. The summed E-state index contributed by atoms with van der Waals surface area (Å²) in [4.78, 5) is 13.6. The summed E-state index contributed by atoms with van der Waals surface area (Å²) in [6.45, 7) is 2.57. The van der Waals surface area contributed by atoms with Crippen LogP contribution in [-0.2, 0) is 28.9 Å². The smallest absolute Gasteiger partial charge is 0.389 e. The molecule has 0 aliphatic carbocycles. The second-order valence-electron chi connectivity index (χ2n) is 11.5. The highest BCUT2D eigenvalue weighted by molar-refractivity contribution is 7.88. The van der Waals surface area contributed by atoms with E-state index in [4.69, 9.17) is 0 Å². The van der Waals surface area contributed by atoms with E-state index in [1.165, 1.54) is 22.5 Å². The number of rotatable bonds is 7. The van der Waals surface area contributed by atoms with E-state index in [-0.39, 0.29) is 55.1 Å². The van der Waals surface area contributed by atoms with Crippen molar-refractivity contribution in [2.24, 2.45) is 0 Å². The van der Waals surface area contributed by atoms with E-state index in [0.717, 1.165) is 23.3 Å². The lowest BCUT2D eigenvalue weighted by Crippen LogP contribution is -2.42. The van der Waals surface area contributed by atoms with Gasteiger partial charge in [0.2, 0.25) is 16.0 Å². The van der Waals surface area contributed by atoms with Crippen molar-refractivity contribution >= 4 is 16.0 Å². The van der Waals surface area contributed by atoms with Gasteiger partial charge >= 0.3 is 12.4 Å². The molecule has 4 heterocycles. The molecule has 1 aromatic carbocycles. The summed E-state index contributed by atoms with van der Waals surface area (Å²) in [5.41, 5.74) is -4.49. The van der Waals surface area contributed by atoms with Crippen LogP contribution in [0, 0.1) is 0 Å². The SMILES string of the molecule is C[C@@]1(O)CCN(Cc2cccc(-n3cnc(-c4nc(NC5CCN(S(C)(=O)=O)CC5)ncc4C(F)(F)F)c3)c2C(F)(F)F)C1. The zero-order valence-corrected chi connectivity index (χ0v) is 24.6. The Bertz CT molecular complexity index is 1620. The van der Waals surface area contributed by atoms with Crippen molar-refractivity contribution in [1.29, 1.82) is 0 Å². The molecule has 0 bridgehead atoms. The summed E-state index contributed by atoms with van der Waals surface area (Å²) < 4.78 is 111. The number of piperidine rings is 1. The summed E-state index contributed by atoms with van der Waals surface area (Å²) in [5.74, 6) is -0.153. The van der Waals surface area contributed by atoms with Gasteiger partial charge in [0, 0.05) is 51.2 Å². The summed E-state index contributed by atoms with van der Waals surface area (Å²) >= 11 is 0. The quantitative estimate of drug-likeness (QED) is 0.368. The second kappa shape index (κ2) is 11.6. The first-order chi connectivity index (χ1) is 20.4. The molecule has 0 saturated carbocycles. The van der Waals surface area contributed by atoms with Crippen molar-refractivity contribution in [2.45, 2.75) is 56.7 Å². The molecule has 44 heavy (non-hydrogen) atoms. The minimum Gasteiger partial charge on any atom is -0.389 e. The van der Waals surface area contributed by atoms with Crippen molar-refractivity contribution in [1.82, 2.24) is 28.7 Å². The monoisotopic (exact) mass is 647 g/mol. The lowest BCUT2D eigenvalue weighted by Gasteiger charge is -2.30. The standard InChI is InChI=1S/C27H31F6N7O3S/c1-25(41)8-11-38(15-25)13-17-4-3-5-21(22(17)27(31,32)33)39-14-20(35-16-39)23-19(26(28,29)30)12-34-24(37-23)36-18-6-9-40(10-7-18)44(2,42)43/h3-5,12,14,16,18,41H,6-11,13,15H2,1-2H3,(H,34,36,37)/t25-/m1/s1. The number of β-amino-alcohol motifs (C(OH)–C–C–N with tert-alkyl or cyclic N) is 1. The van der Waals surface area contributed by atoms with Crippen LogP contribution in [0.5, 0.6) is 0 Å². The van der Waals surface area contributed by atoms with Gasteiger partial charge in [0.1, 0.15) is 17.0 Å². The van der Waals surface area contributed by atoms with Gasteiger partial charge in [-0.3, -0.25) is 4.90 Å². The van der Waals surface area contributed by atoms with Crippen LogP contribution in [0.4, 0.5) is 32.3 Å². The number of aliphatic hydroxyl groups is 1. The number of halogens is 6. The van der Waals surface area contributed by atoms with Gasteiger partial charge in [-0.1, -0.05) is 12.1 Å². The highest BCUT2D eigenvalue weighted by atomic mass is 32.2. The Morgan fingerprint density at radius 1 is 1.07 bits per heavy atom. The molecule has 5 rings (SSSR count).